The Morgan fingerprint density at radius 2 is 1.62 bits per heavy atom. The fraction of sp³-hybridized carbons (Fsp3) is 0.400. The molecule has 37 heavy (non-hydrogen) atoms. The molecule has 2 atom stereocenters. The van der Waals surface area contributed by atoms with E-state index in [-0.39, 0.29) is 37.5 Å². The molecule has 0 spiro atoms. The van der Waals surface area contributed by atoms with Crippen molar-refractivity contribution >= 4 is 17.9 Å². The number of esters is 1. The number of guanidine groups is 2. The lowest BCUT2D eigenvalue weighted by molar-refractivity contribution is -0.549. The van der Waals surface area contributed by atoms with Crippen molar-refractivity contribution in [2.75, 3.05) is 26.2 Å². The maximum absolute atomic E-state index is 12.8. The highest BCUT2D eigenvalue weighted by atomic mass is 35.5. The van der Waals surface area contributed by atoms with Gasteiger partial charge in [0.1, 0.15) is 24.1 Å². The average molecular weight is 553 g/mol. The summed E-state index contributed by atoms with van der Waals surface area (Å²) in [7, 11) is 0. The first-order valence-corrected chi connectivity index (χ1v) is 11.8. The van der Waals surface area contributed by atoms with Crippen LogP contribution in [0.5, 0.6) is 11.5 Å². The zero-order valence-electron chi connectivity index (χ0n) is 20.7. The second-order valence-corrected chi connectivity index (χ2v) is 8.75. The Morgan fingerprint density at radius 1 is 0.946 bits per heavy atom. The number of carbonyl (C=O) groups is 1. The van der Waals surface area contributed by atoms with Crippen molar-refractivity contribution in [3.8, 4) is 11.5 Å². The Kier molecular flexibility index (Phi) is 10.7. The molecule has 202 valence electrons. The van der Waals surface area contributed by atoms with Crippen LogP contribution >= 0.6 is 0 Å². The number of rotatable bonds is 7. The zero-order valence-corrected chi connectivity index (χ0v) is 22.3. The van der Waals surface area contributed by atoms with Crippen molar-refractivity contribution in [1.29, 1.82) is 0 Å². The maximum Gasteiger partial charge on any atom is 0.352 e. The van der Waals surface area contributed by atoms with Gasteiger partial charge in [-0.05, 0) is 42.3 Å². The topological polar surface area (TPSA) is 155 Å². The van der Waals surface area contributed by atoms with E-state index in [1.165, 1.54) is 5.56 Å². The van der Waals surface area contributed by atoms with E-state index in [0.29, 0.717) is 42.1 Å². The second-order valence-electron chi connectivity index (χ2n) is 8.75. The standard InChI is InChI=1S/C25H32N6O4.2ClH/c1-2-33-23(32)22(35-20-8-3-16-9-11-30(24(26)27)14-18(16)13-20)17-4-6-19(7-5-17)34-21-10-12-31(15-21)25(28)29;;/h3-8,13,21-22H,2,9-12,14-15H2,1H3,(H6,26,27,28,29);2*1H/t21-,22?;;/m0../s1. The monoisotopic (exact) mass is 552 g/mol. The molecule has 1 fully saturated rings. The van der Waals surface area contributed by atoms with Crippen molar-refractivity contribution in [3.63, 3.8) is 0 Å². The van der Waals surface area contributed by atoms with E-state index in [1.54, 1.807) is 6.92 Å². The Labute approximate surface area is 229 Å². The summed E-state index contributed by atoms with van der Waals surface area (Å²) in [5, 5.41) is 0. The Morgan fingerprint density at radius 3 is 2.24 bits per heavy atom. The predicted molar refractivity (Wildman–Crippen MR) is 131 cm³/mol. The van der Waals surface area contributed by atoms with Gasteiger partial charge in [0, 0.05) is 18.4 Å². The predicted octanol–water partition coefficient (Wildman–Crippen LogP) is -5.84. The highest BCUT2D eigenvalue weighted by molar-refractivity contribution is 5.77. The molecular weight excluding hydrogens is 519 g/mol. The highest BCUT2D eigenvalue weighted by Crippen LogP contribution is 2.29. The molecule has 1 unspecified atom stereocenters. The Balaban J connectivity index is 0.00000241. The molecule has 2 aromatic carbocycles. The SMILES string of the molecule is CCOC(=O)C(Oc1ccc2c(c1)C[N+](=C(N)N)CC2)c1ccc(O[C@H]2CC[N+](=C(N)N)C2)cc1.[Cl-].[Cl-]. The molecule has 4 rings (SSSR count). The summed E-state index contributed by atoms with van der Waals surface area (Å²) in [5.41, 5.74) is 25.8. The molecule has 0 bridgehead atoms. The second kappa shape index (κ2) is 13.3. The fourth-order valence-electron chi connectivity index (χ4n) is 4.41. The van der Waals surface area contributed by atoms with Gasteiger partial charge >= 0.3 is 17.9 Å². The summed E-state index contributed by atoms with van der Waals surface area (Å²) in [6, 6.07) is 13.1. The summed E-state index contributed by atoms with van der Waals surface area (Å²) in [6.07, 6.45) is 0.749. The quantitative estimate of drug-likeness (QED) is 0.150. The molecule has 2 aliphatic rings. The first kappa shape index (κ1) is 29.9. The fourth-order valence-corrected chi connectivity index (χ4v) is 4.41. The van der Waals surface area contributed by atoms with Crippen molar-refractivity contribution in [3.05, 3.63) is 59.2 Å². The number of halogens is 2. The third-order valence-corrected chi connectivity index (χ3v) is 6.31. The molecule has 0 aromatic heterocycles. The third-order valence-electron chi connectivity index (χ3n) is 6.31. The largest absolute Gasteiger partial charge is 1.00 e. The minimum Gasteiger partial charge on any atom is -1.00 e. The van der Waals surface area contributed by atoms with E-state index in [4.69, 9.17) is 37.1 Å². The molecule has 10 nitrogen and oxygen atoms in total. The van der Waals surface area contributed by atoms with Crippen LogP contribution in [0.1, 0.15) is 36.1 Å². The van der Waals surface area contributed by atoms with Gasteiger partial charge in [-0.3, -0.25) is 32.1 Å². The zero-order chi connectivity index (χ0) is 24.9. The van der Waals surface area contributed by atoms with Crippen LogP contribution in [0, 0.1) is 0 Å². The van der Waals surface area contributed by atoms with Crippen LogP contribution < -0.4 is 57.2 Å². The molecule has 2 heterocycles. The van der Waals surface area contributed by atoms with E-state index in [2.05, 4.69) is 0 Å². The van der Waals surface area contributed by atoms with Gasteiger partial charge in [-0.15, -0.1) is 0 Å². The van der Waals surface area contributed by atoms with Crippen molar-refractivity contribution in [2.24, 2.45) is 22.9 Å². The number of hydrogen-bond acceptors (Lipinski definition) is 4. The van der Waals surface area contributed by atoms with Gasteiger partial charge in [0.05, 0.1) is 26.2 Å². The number of nitrogens with two attached hydrogens (primary N) is 4. The van der Waals surface area contributed by atoms with E-state index in [1.807, 2.05) is 51.6 Å². The number of ether oxygens (including phenoxy) is 3. The van der Waals surface area contributed by atoms with Crippen molar-refractivity contribution < 1.29 is 53.0 Å². The summed E-state index contributed by atoms with van der Waals surface area (Å²) in [4.78, 5) is 12.8. The summed E-state index contributed by atoms with van der Waals surface area (Å²) in [5.74, 6) is 1.41. The molecule has 2 aromatic rings. The molecule has 0 amide bonds. The van der Waals surface area contributed by atoms with Gasteiger partial charge in [-0.2, -0.15) is 0 Å². The van der Waals surface area contributed by atoms with E-state index in [9.17, 15) is 4.79 Å². The van der Waals surface area contributed by atoms with Crippen molar-refractivity contribution in [2.45, 2.75) is 38.5 Å². The van der Waals surface area contributed by atoms with Crippen LogP contribution in [0.25, 0.3) is 0 Å². The number of fused-ring (bicyclic) bond motifs is 1. The number of hydrogen-bond donors (Lipinski definition) is 4. The molecule has 2 aliphatic heterocycles. The minimum atomic E-state index is -0.915. The average Bonchev–Trinajstić information content (AvgIpc) is 3.31. The first-order valence-electron chi connectivity index (χ1n) is 11.8. The van der Waals surface area contributed by atoms with Gasteiger partial charge < -0.3 is 39.0 Å². The molecule has 1 saturated heterocycles. The third kappa shape index (κ3) is 7.33. The first-order chi connectivity index (χ1) is 16.8. The molecule has 0 aliphatic carbocycles. The van der Waals surface area contributed by atoms with Crippen molar-refractivity contribution in [1.82, 2.24) is 0 Å². The maximum atomic E-state index is 12.8. The molecule has 0 saturated carbocycles. The van der Waals surface area contributed by atoms with Crippen LogP contribution in [0.15, 0.2) is 42.5 Å². The molecular formula is C25H34Cl2N6O4. The van der Waals surface area contributed by atoms with Gasteiger partial charge in [-0.25, -0.2) is 4.79 Å². The van der Waals surface area contributed by atoms with Gasteiger partial charge in [0.25, 0.3) is 0 Å². The van der Waals surface area contributed by atoms with Crippen LogP contribution in [-0.2, 0) is 22.5 Å². The summed E-state index contributed by atoms with van der Waals surface area (Å²) in [6.45, 7) is 4.79. The molecule has 8 N–H and O–H groups in total. The summed E-state index contributed by atoms with van der Waals surface area (Å²) < 4.78 is 21.3. The smallest absolute Gasteiger partial charge is 0.352 e. The number of nitrogens with zero attached hydrogens (tertiary/aromatic N) is 2. The van der Waals surface area contributed by atoms with E-state index >= 15 is 0 Å². The Hall–Kier alpha value is -3.37. The van der Waals surface area contributed by atoms with E-state index < -0.39 is 12.1 Å². The van der Waals surface area contributed by atoms with Crippen LogP contribution in [-0.4, -0.2) is 59.4 Å². The number of carbonyl (C=O) groups excluding carboxylic acids is 1. The van der Waals surface area contributed by atoms with Crippen LogP contribution in [0.2, 0.25) is 0 Å². The normalized spacial score (nSPS) is 16.9. The molecule has 12 heteroatoms. The minimum absolute atomic E-state index is 0. The van der Waals surface area contributed by atoms with E-state index in [0.717, 1.165) is 31.5 Å². The van der Waals surface area contributed by atoms with Crippen LogP contribution in [0.3, 0.4) is 0 Å². The van der Waals surface area contributed by atoms with Gasteiger partial charge in [0.2, 0.25) is 6.10 Å². The highest BCUT2D eigenvalue weighted by Gasteiger charge is 2.27. The number of benzene rings is 2. The lowest BCUT2D eigenvalue weighted by Crippen LogP contribution is -3.00. The lowest BCUT2D eigenvalue weighted by Gasteiger charge is -2.22. The van der Waals surface area contributed by atoms with Crippen LogP contribution in [0.4, 0.5) is 0 Å². The van der Waals surface area contributed by atoms with Gasteiger partial charge in [-0.1, -0.05) is 18.2 Å². The summed E-state index contributed by atoms with van der Waals surface area (Å²) >= 11 is 0. The Bertz CT molecular complexity index is 1150. The molecule has 0 radical (unpaired) electrons. The van der Waals surface area contributed by atoms with Gasteiger partial charge in [0.15, 0.2) is 0 Å². The lowest BCUT2D eigenvalue weighted by atomic mass is 10.0.